The van der Waals surface area contributed by atoms with Gasteiger partial charge in [0.05, 0.1) is 0 Å². The summed E-state index contributed by atoms with van der Waals surface area (Å²) in [5, 5.41) is 0. The molecule has 0 nitrogen and oxygen atoms in total. The number of alkyl halides is 2. The van der Waals surface area contributed by atoms with Gasteiger partial charge in [-0.1, -0.05) is 46.0 Å². The number of hydrogen-bond acceptors (Lipinski definition) is 0. The van der Waals surface area contributed by atoms with Crippen molar-refractivity contribution in [1.29, 1.82) is 0 Å². The molecule has 0 heterocycles. The topological polar surface area (TPSA) is 0 Å². The zero-order valence-corrected chi connectivity index (χ0v) is 11.1. The first-order chi connectivity index (χ1) is 8.06. The number of unbranched alkanes of at least 4 members (excludes halogenated alkanes) is 5. The summed E-state index contributed by atoms with van der Waals surface area (Å²) in [5.41, 5.74) is 0. The molecule has 0 aromatic carbocycles. The Balaban J connectivity index is 2.08. The molecule has 1 fully saturated rings. The third-order valence-corrected chi connectivity index (χ3v) is 4.06. The highest BCUT2D eigenvalue weighted by molar-refractivity contribution is 4.83. The van der Waals surface area contributed by atoms with Crippen molar-refractivity contribution < 1.29 is 8.78 Å². The van der Waals surface area contributed by atoms with Crippen LogP contribution in [0.5, 0.6) is 0 Å². The molecule has 0 saturated heterocycles. The highest BCUT2D eigenvalue weighted by Gasteiger charge is 2.41. The zero-order chi connectivity index (χ0) is 12.7. The molecule has 1 aliphatic carbocycles. The van der Waals surface area contributed by atoms with E-state index in [1.165, 1.54) is 19.3 Å². The SMILES string of the molecule is [CH2+][CH-]CCCCCCC1CCC(C)C(F)(F)C1. The van der Waals surface area contributed by atoms with Crippen molar-refractivity contribution in [3.05, 3.63) is 13.3 Å². The van der Waals surface area contributed by atoms with Crippen LogP contribution in [0.2, 0.25) is 0 Å². The molecular formula is C15H26F2. The molecular weight excluding hydrogens is 218 g/mol. The molecule has 17 heavy (non-hydrogen) atoms. The summed E-state index contributed by atoms with van der Waals surface area (Å²) in [6, 6.07) is 0. The molecule has 0 aromatic heterocycles. The van der Waals surface area contributed by atoms with Gasteiger partial charge in [0.15, 0.2) is 0 Å². The molecule has 0 spiro atoms. The van der Waals surface area contributed by atoms with Gasteiger partial charge in [0, 0.05) is 12.3 Å². The third-order valence-electron chi connectivity index (χ3n) is 4.06. The highest BCUT2D eigenvalue weighted by atomic mass is 19.3. The molecule has 2 heteroatoms. The summed E-state index contributed by atoms with van der Waals surface area (Å²) in [6.07, 6.45) is 10.6. The summed E-state index contributed by atoms with van der Waals surface area (Å²) >= 11 is 0. The van der Waals surface area contributed by atoms with Crippen LogP contribution in [-0.4, -0.2) is 5.92 Å². The molecule has 0 N–H and O–H groups in total. The summed E-state index contributed by atoms with van der Waals surface area (Å²) in [6.45, 7) is 5.38. The van der Waals surface area contributed by atoms with Crippen molar-refractivity contribution in [3.8, 4) is 0 Å². The quantitative estimate of drug-likeness (QED) is 0.413. The van der Waals surface area contributed by atoms with Crippen LogP contribution in [-0.2, 0) is 0 Å². The Morgan fingerprint density at radius 3 is 2.53 bits per heavy atom. The van der Waals surface area contributed by atoms with Crippen LogP contribution in [0.1, 0.15) is 64.7 Å². The summed E-state index contributed by atoms with van der Waals surface area (Å²) in [5.74, 6) is -2.56. The minimum atomic E-state index is -2.41. The van der Waals surface area contributed by atoms with Gasteiger partial charge in [-0.05, 0) is 18.8 Å². The van der Waals surface area contributed by atoms with Crippen molar-refractivity contribution in [2.24, 2.45) is 11.8 Å². The van der Waals surface area contributed by atoms with Crippen molar-refractivity contribution in [2.45, 2.75) is 70.6 Å². The molecule has 0 amide bonds. The van der Waals surface area contributed by atoms with E-state index in [4.69, 9.17) is 0 Å². The molecule has 1 rings (SSSR count). The van der Waals surface area contributed by atoms with Gasteiger partial charge >= 0.3 is 0 Å². The minimum absolute atomic E-state index is 0.126. The van der Waals surface area contributed by atoms with Gasteiger partial charge in [0.1, 0.15) is 0 Å². The third kappa shape index (κ3) is 5.27. The molecule has 2 unspecified atom stereocenters. The molecule has 100 valence electrons. The van der Waals surface area contributed by atoms with Gasteiger partial charge in [-0.2, -0.15) is 0 Å². The molecule has 0 aromatic rings. The molecule has 0 radical (unpaired) electrons. The zero-order valence-electron chi connectivity index (χ0n) is 11.1. The van der Waals surface area contributed by atoms with E-state index >= 15 is 0 Å². The van der Waals surface area contributed by atoms with Crippen molar-refractivity contribution in [3.63, 3.8) is 0 Å². The first kappa shape index (κ1) is 14.8. The van der Waals surface area contributed by atoms with E-state index in [1.807, 2.05) is 6.42 Å². The fourth-order valence-electron chi connectivity index (χ4n) is 2.71. The Labute approximate surface area is 105 Å². The van der Waals surface area contributed by atoms with Crippen LogP contribution in [0.4, 0.5) is 8.78 Å². The van der Waals surface area contributed by atoms with Crippen LogP contribution >= 0.6 is 0 Å². The lowest BCUT2D eigenvalue weighted by Crippen LogP contribution is -2.33. The summed E-state index contributed by atoms with van der Waals surface area (Å²) in [4.78, 5) is 0. The lowest BCUT2D eigenvalue weighted by Gasteiger charge is -2.34. The number of rotatable bonds is 7. The van der Waals surface area contributed by atoms with Crippen molar-refractivity contribution in [1.82, 2.24) is 0 Å². The Morgan fingerprint density at radius 2 is 1.88 bits per heavy atom. The summed E-state index contributed by atoms with van der Waals surface area (Å²) < 4.78 is 27.0. The second-order valence-corrected chi connectivity index (χ2v) is 5.59. The Morgan fingerprint density at radius 1 is 1.18 bits per heavy atom. The van der Waals surface area contributed by atoms with Gasteiger partial charge in [-0.25, -0.2) is 8.78 Å². The second kappa shape index (κ2) is 7.23. The van der Waals surface area contributed by atoms with E-state index in [0.29, 0.717) is 6.42 Å². The Hall–Kier alpha value is -0.270. The van der Waals surface area contributed by atoms with Gasteiger partial charge < -0.3 is 0 Å². The highest BCUT2D eigenvalue weighted by Crippen LogP contribution is 2.42. The summed E-state index contributed by atoms with van der Waals surface area (Å²) in [7, 11) is 0. The van der Waals surface area contributed by atoms with Gasteiger partial charge in [0.2, 0.25) is 0 Å². The van der Waals surface area contributed by atoms with E-state index in [-0.39, 0.29) is 12.3 Å². The molecule has 0 aliphatic heterocycles. The predicted octanol–water partition coefficient (Wildman–Crippen LogP) is 5.44. The average molecular weight is 244 g/mol. The first-order valence-electron chi connectivity index (χ1n) is 7.05. The van der Waals surface area contributed by atoms with Crippen LogP contribution in [0, 0.1) is 25.2 Å². The monoisotopic (exact) mass is 244 g/mol. The maximum Gasteiger partial charge on any atom is 0.250 e. The Bertz CT molecular complexity index is 201. The standard InChI is InChI=1S/C15H26F2/c1-3-4-5-6-7-8-9-14-11-10-13(2)15(16,17)12-14/h3,13-14H,1,4-12H2,2H3. The van der Waals surface area contributed by atoms with Gasteiger partial charge in [-0.3, -0.25) is 0 Å². The molecule has 1 saturated carbocycles. The average Bonchev–Trinajstić information content (AvgIpc) is 2.28. The fourth-order valence-corrected chi connectivity index (χ4v) is 2.71. The van der Waals surface area contributed by atoms with Crippen molar-refractivity contribution in [2.75, 3.05) is 0 Å². The first-order valence-corrected chi connectivity index (χ1v) is 7.05. The van der Waals surface area contributed by atoms with E-state index in [0.717, 1.165) is 25.7 Å². The number of halogens is 2. The Kier molecular flexibility index (Phi) is 6.29. The van der Waals surface area contributed by atoms with Crippen molar-refractivity contribution >= 4 is 0 Å². The normalized spacial score (nSPS) is 28.2. The molecule has 1 aliphatic rings. The van der Waals surface area contributed by atoms with E-state index in [9.17, 15) is 8.78 Å². The van der Waals surface area contributed by atoms with E-state index in [2.05, 4.69) is 6.92 Å². The minimum Gasteiger partial charge on any atom is -0.207 e. The fraction of sp³-hybridized carbons (Fsp3) is 0.867. The predicted molar refractivity (Wildman–Crippen MR) is 68.8 cm³/mol. The molecule has 0 bridgehead atoms. The van der Waals surface area contributed by atoms with Crippen LogP contribution in [0.25, 0.3) is 0 Å². The van der Waals surface area contributed by atoms with E-state index < -0.39 is 11.8 Å². The smallest absolute Gasteiger partial charge is 0.207 e. The van der Waals surface area contributed by atoms with Crippen LogP contribution < -0.4 is 0 Å². The lowest BCUT2D eigenvalue weighted by molar-refractivity contribution is -0.0964. The van der Waals surface area contributed by atoms with Gasteiger partial charge in [0.25, 0.3) is 5.92 Å². The van der Waals surface area contributed by atoms with Crippen LogP contribution in [0.3, 0.4) is 0 Å². The number of hydrogen-bond donors (Lipinski definition) is 0. The largest absolute Gasteiger partial charge is 0.250 e. The molecule has 2 atom stereocenters. The van der Waals surface area contributed by atoms with Crippen LogP contribution in [0.15, 0.2) is 0 Å². The van der Waals surface area contributed by atoms with Gasteiger partial charge in [-0.15, -0.1) is 12.8 Å². The second-order valence-electron chi connectivity index (χ2n) is 5.59. The lowest BCUT2D eigenvalue weighted by atomic mass is 9.78. The van der Waals surface area contributed by atoms with E-state index in [1.54, 1.807) is 6.92 Å². The maximum atomic E-state index is 13.5. The maximum absolute atomic E-state index is 13.5.